The first-order valence-electron chi connectivity index (χ1n) is 9.12. The number of hydrogen-bond acceptors (Lipinski definition) is 7. The number of rotatable bonds is 5. The smallest absolute Gasteiger partial charge is 0.222 e. The van der Waals surface area contributed by atoms with Crippen molar-refractivity contribution in [3.8, 4) is 18.1 Å². The number of ether oxygens (including phenoxy) is 2. The van der Waals surface area contributed by atoms with E-state index in [1.807, 2.05) is 24.3 Å². The zero-order valence-corrected chi connectivity index (χ0v) is 15.9. The van der Waals surface area contributed by atoms with Gasteiger partial charge in [0, 0.05) is 17.5 Å². The molecular weight excluding hydrogens is 376 g/mol. The number of hydrogen-bond donors (Lipinski definition) is 5. The van der Waals surface area contributed by atoms with Crippen LogP contribution in [0.2, 0.25) is 0 Å². The molecule has 0 saturated carbocycles. The van der Waals surface area contributed by atoms with Gasteiger partial charge in [0.15, 0.2) is 0 Å². The van der Waals surface area contributed by atoms with Crippen LogP contribution in [0.25, 0.3) is 0 Å². The summed E-state index contributed by atoms with van der Waals surface area (Å²) in [6.45, 7) is -0.641. The molecule has 0 aliphatic carbocycles. The minimum Gasteiger partial charge on any atom is -0.496 e. The van der Waals surface area contributed by atoms with Gasteiger partial charge in [-0.1, -0.05) is 18.1 Å². The Balaban J connectivity index is 1.97. The van der Waals surface area contributed by atoms with E-state index in [0.717, 1.165) is 11.1 Å². The summed E-state index contributed by atoms with van der Waals surface area (Å²) in [4.78, 5) is 0. The molecule has 1 heterocycles. The van der Waals surface area contributed by atoms with Crippen LogP contribution in [-0.4, -0.2) is 63.7 Å². The second-order valence-corrected chi connectivity index (χ2v) is 7.01. The maximum atomic E-state index is 11.0. The second kappa shape index (κ2) is 8.51. The molecule has 0 amide bonds. The zero-order chi connectivity index (χ0) is 21.2. The van der Waals surface area contributed by atoms with Gasteiger partial charge in [-0.15, -0.1) is 6.42 Å². The van der Waals surface area contributed by atoms with E-state index in [9.17, 15) is 25.5 Å². The SMILES string of the molecule is C#Cc1ccc(Cc2cc([C@@]3(O)O[C@H](CO)[C@@H](O)[C@H](O)[C@H]3O)ccc2OC)cc1. The van der Waals surface area contributed by atoms with Crippen LogP contribution in [0.5, 0.6) is 5.75 Å². The molecule has 0 radical (unpaired) electrons. The summed E-state index contributed by atoms with van der Waals surface area (Å²) in [6.07, 6.45) is -0.499. The van der Waals surface area contributed by atoms with Gasteiger partial charge in [0.1, 0.15) is 30.2 Å². The molecule has 2 aromatic carbocycles. The van der Waals surface area contributed by atoms with E-state index in [-0.39, 0.29) is 5.56 Å². The molecule has 0 unspecified atom stereocenters. The second-order valence-electron chi connectivity index (χ2n) is 7.01. The number of aliphatic hydroxyl groups excluding tert-OH is 4. The lowest BCUT2D eigenvalue weighted by molar-refractivity contribution is -0.357. The van der Waals surface area contributed by atoms with Crippen LogP contribution >= 0.6 is 0 Å². The molecule has 5 N–H and O–H groups in total. The van der Waals surface area contributed by atoms with Crippen LogP contribution in [0.1, 0.15) is 22.3 Å². The highest BCUT2D eigenvalue weighted by atomic mass is 16.7. The average Bonchev–Trinajstić information content (AvgIpc) is 2.75. The Morgan fingerprint density at radius 3 is 2.38 bits per heavy atom. The van der Waals surface area contributed by atoms with E-state index < -0.39 is 36.8 Å². The highest BCUT2D eigenvalue weighted by Gasteiger charge is 2.53. The largest absolute Gasteiger partial charge is 0.496 e. The Morgan fingerprint density at radius 2 is 1.79 bits per heavy atom. The monoisotopic (exact) mass is 400 g/mol. The predicted molar refractivity (Wildman–Crippen MR) is 104 cm³/mol. The third kappa shape index (κ3) is 4.00. The Labute approximate surface area is 168 Å². The Hall–Kier alpha value is -2.44. The van der Waals surface area contributed by atoms with Crippen molar-refractivity contribution in [2.75, 3.05) is 13.7 Å². The van der Waals surface area contributed by atoms with Crippen molar-refractivity contribution in [1.29, 1.82) is 0 Å². The van der Waals surface area contributed by atoms with Crippen LogP contribution in [0.4, 0.5) is 0 Å². The Morgan fingerprint density at radius 1 is 1.10 bits per heavy atom. The van der Waals surface area contributed by atoms with Gasteiger partial charge in [-0.05, 0) is 41.5 Å². The normalized spacial score (nSPS) is 29.3. The highest BCUT2D eigenvalue weighted by molar-refractivity contribution is 5.43. The van der Waals surface area contributed by atoms with Crippen LogP contribution in [0.15, 0.2) is 42.5 Å². The van der Waals surface area contributed by atoms with Crippen LogP contribution < -0.4 is 4.74 Å². The number of benzene rings is 2. The first-order valence-corrected chi connectivity index (χ1v) is 9.12. The van der Waals surface area contributed by atoms with Gasteiger partial charge in [-0.25, -0.2) is 0 Å². The van der Waals surface area contributed by atoms with E-state index in [0.29, 0.717) is 17.7 Å². The van der Waals surface area contributed by atoms with Crippen molar-refractivity contribution in [3.63, 3.8) is 0 Å². The highest BCUT2D eigenvalue weighted by Crippen LogP contribution is 2.38. The molecule has 2 aromatic rings. The summed E-state index contributed by atoms with van der Waals surface area (Å²) in [5.41, 5.74) is 2.56. The number of terminal acetylenes is 1. The maximum absolute atomic E-state index is 11.0. The predicted octanol–water partition coefficient (Wildman–Crippen LogP) is -0.114. The van der Waals surface area contributed by atoms with Gasteiger partial charge in [-0.3, -0.25) is 0 Å². The minimum absolute atomic E-state index is 0.158. The third-order valence-electron chi connectivity index (χ3n) is 5.18. The maximum Gasteiger partial charge on any atom is 0.222 e. The van der Waals surface area contributed by atoms with Gasteiger partial charge in [-0.2, -0.15) is 0 Å². The van der Waals surface area contributed by atoms with Crippen LogP contribution in [-0.2, 0) is 16.9 Å². The summed E-state index contributed by atoms with van der Waals surface area (Å²) in [7, 11) is 1.52. The number of aliphatic hydroxyl groups is 5. The van der Waals surface area contributed by atoms with E-state index >= 15 is 0 Å². The van der Waals surface area contributed by atoms with E-state index in [1.54, 1.807) is 12.1 Å². The van der Waals surface area contributed by atoms with E-state index in [4.69, 9.17) is 15.9 Å². The molecule has 154 valence electrons. The Kier molecular flexibility index (Phi) is 6.24. The lowest BCUT2D eigenvalue weighted by Gasteiger charge is -2.45. The first-order chi connectivity index (χ1) is 13.8. The summed E-state index contributed by atoms with van der Waals surface area (Å²) in [5, 5.41) is 50.8. The fraction of sp³-hybridized carbons (Fsp3) is 0.364. The van der Waals surface area contributed by atoms with Crippen molar-refractivity contribution in [1.82, 2.24) is 0 Å². The van der Waals surface area contributed by atoms with E-state index in [1.165, 1.54) is 13.2 Å². The quantitative estimate of drug-likeness (QED) is 0.444. The summed E-state index contributed by atoms with van der Waals surface area (Å²) < 4.78 is 10.8. The van der Waals surface area contributed by atoms with Gasteiger partial charge >= 0.3 is 0 Å². The molecule has 3 rings (SSSR count). The van der Waals surface area contributed by atoms with Crippen molar-refractivity contribution in [2.45, 2.75) is 36.6 Å². The molecule has 7 heteroatoms. The molecule has 1 fully saturated rings. The summed E-state index contributed by atoms with van der Waals surface area (Å²) in [5.74, 6) is 0.793. The average molecular weight is 400 g/mol. The molecule has 0 aromatic heterocycles. The lowest BCUT2D eigenvalue weighted by atomic mass is 9.87. The standard InChI is InChI=1S/C22H24O7/c1-3-13-4-6-14(7-5-13)10-15-11-16(8-9-17(15)28-2)22(27)21(26)20(25)19(24)18(12-23)29-22/h1,4-9,11,18-21,23-27H,10,12H2,2H3/t18-,19-,20+,21-,22-/m1/s1. The minimum atomic E-state index is -2.32. The molecule has 5 atom stereocenters. The molecule has 0 bridgehead atoms. The van der Waals surface area contributed by atoms with Crippen molar-refractivity contribution in [3.05, 3.63) is 64.7 Å². The van der Waals surface area contributed by atoms with Gasteiger partial charge in [0.05, 0.1) is 13.7 Å². The molecule has 29 heavy (non-hydrogen) atoms. The van der Waals surface area contributed by atoms with Crippen LogP contribution in [0.3, 0.4) is 0 Å². The molecule has 0 spiro atoms. The molecule has 1 aliphatic heterocycles. The Bertz CT molecular complexity index is 887. The first kappa shape index (κ1) is 21.3. The molecular formula is C22H24O7. The van der Waals surface area contributed by atoms with Crippen molar-refractivity contribution < 1.29 is 35.0 Å². The molecule has 7 nitrogen and oxygen atoms in total. The molecule has 1 saturated heterocycles. The fourth-order valence-electron chi connectivity index (χ4n) is 3.47. The van der Waals surface area contributed by atoms with Gasteiger partial charge < -0.3 is 35.0 Å². The topological polar surface area (TPSA) is 120 Å². The third-order valence-corrected chi connectivity index (χ3v) is 5.18. The fourth-order valence-corrected chi connectivity index (χ4v) is 3.47. The van der Waals surface area contributed by atoms with Gasteiger partial charge in [0.2, 0.25) is 5.79 Å². The lowest BCUT2D eigenvalue weighted by Crippen LogP contribution is -2.63. The zero-order valence-electron chi connectivity index (χ0n) is 15.9. The van der Waals surface area contributed by atoms with Crippen LogP contribution in [0, 0.1) is 12.3 Å². The molecule has 1 aliphatic rings. The van der Waals surface area contributed by atoms with Crippen molar-refractivity contribution in [2.24, 2.45) is 0 Å². The summed E-state index contributed by atoms with van der Waals surface area (Å²) in [6, 6.07) is 12.1. The van der Waals surface area contributed by atoms with Gasteiger partial charge in [0.25, 0.3) is 0 Å². The summed E-state index contributed by atoms with van der Waals surface area (Å²) >= 11 is 0. The van der Waals surface area contributed by atoms with Crippen molar-refractivity contribution >= 4 is 0 Å². The van der Waals surface area contributed by atoms with E-state index in [2.05, 4.69) is 5.92 Å². The number of methoxy groups -OCH3 is 1.